The number of nitrogens with one attached hydrogen (secondary N) is 1. The van der Waals surface area contributed by atoms with Crippen LogP contribution in [-0.2, 0) is 11.2 Å². The Bertz CT molecular complexity index is 416. The van der Waals surface area contributed by atoms with Gasteiger partial charge >= 0.3 is 5.97 Å². The molecule has 0 aliphatic heterocycles. The maximum absolute atomic E-state index is 11.6. The molecule has 1 aromatic rings. The average Bonchev–Trinajstić information content (AvgIpc) is 2.57. The minimum absolute atomic E-state index is 0.252. The molecule has 0 radical (unpaired) electrons. The summed E-state index contributed by atoms with van der Waals surface area (Å²) in [5.41, 5.74) is 3.95. The topological polar surface area (TPSA) is 42.1 Å². The normalized spacial score (nSPS) is 13.7. The lowest BCUT2D eigenvalue weighted by molar-refractivity contribution is 0.0519. The van der Waals surface area contributed by atoms with Gasteiger partial charge in [-0.3, -0.25) is 0 Å². The van der Waals surface area contributed by atoms with Crippen LogP contribution in [0.15, 0.2) is 6.08 Å². The van der Waals surface area contributed by atoms with Crippen molar-refractivity contribution in [3.63, 3.8) is 0 Å². The van der Waals surface area contributed by atoms with Crippen molar-refractivity contribution in [2.24, 2.45) is 0 Å². The second kappa shape index (κ2) is 3.93. The summed E-state index contributed by atoms with van der Waals surface area (Å²) in [4.78, 5) is 14.7. The van der Waals surface area contributed by atoms with E-state index in [0.717, 1.165) is 24.1 Å². The molecule has 0 unspecified atom stereocenters. The fourth-order valence-corrected chi connectivity index (χ4v) is 1.96. The van der Waals surface area contributed by atoms with Gasteiger partial charge in [0.2, 0.25) is 0 Å². The van der Waals surface area contributed by atoms with Gasteiger partial charge in [-0.25, -0.2) is 4.79 Å². The zero-order valence-electron chi connectivity index (χ0n) is 9.09. The Labute approximate surface area is 89.1 Å². The highest BCUT2D eigenvalue weighted by Crippen LogP contribution is 2.25. The summed E-state index contributed by atoms with van der Waals surface area (Å²) in [5, 5.41) is 0. The third-order valence-corrected chi connectivity index (χ3v) is 2.74. The molecule has 0 aromatic carbocycles. The number of hydrogen-bond donors (Lipinski definition) is 1. The molecule has 3 heteroatoms. The van der Waals surface area contributed by atoms with Gasteiger partial charge in [-0.15, -0.1) is 0 Å². The van der Waals surface area contributed by atoms with Crippen LogP contribution >= 0.6 is 0 Å². The van der Waals surface area contributed by atoms with Crippen LogP contribution in [0.1, 0.15) is 40.7 Å². The van der Waals surface area contributed by atoms with Crippen LogP contribution in [0, 0.1) is 6.92 Å². The van der Waals surface area contributed by atoms with Crippen molar-refractivity contribution in [2.75, 3.05) is 6.61 Å². The maximum atomic E-state index is 11.6. The van der Waals surface area contributed by atoms with Gasteiger partial charge in [0.1, 0.15) is 5.69 Å². The molecule has 0 saturated heterocycles. The molecular formula is C12H15NO2. The van der Waals surface area contributed by atoms with Gasteiger partial charge in [0, 0.05) is 5.69 Å². The van der Waals surface area contributed by atoms with Crippen LogP contribution in [0.25, 0.3) is 6.08 Å². The standard InChI is InChI=1S/C12H15NO2/c1-3-15-12(14)11-8(2)9-6-4-5-7-10(9)13-11/h5,7,13H,3-4,6H2,1-2H3. The lowest BCUT2D eigenvalue weighted by Crippen LogP contribution is -2.06. The predicted octanol–water partition coefficient (Wildman–Crippen LogP) is 2.46. The van der Waals surface area contributed by atoms with E-state index >= 15 is 0 Å². The number of rotatable bonds is 2. The molecule has 0 atom stereocenters. The number of carbonyl (C=O) groups is 1. The Morgan fingerprint density at radius 1 is 1.60 bits per heavy atom. The second-order valence-electron chi connectivity index (χ2n) is 3.68. The molecule has 80 valence electrons. The molecule has 0 fully saturated rings. The number of aromatic amines is 1. The van der Waals surface area contributed by atoms with Crippen LogP contribution in [0.5, 0.6) is 0 Å². The van der Waals surface area contributed by atoms with Gasteiger partial charge in [0.15, 0.2) is 0 Å². The number of esters is 1. The van der Waals surface area contributed by atoms with Gasteiger partial charge in [0.05, 0.1) is 6.61 Å². The highest BCUT2D eigenvalue weighted by Gasteiger charge is 2.19. The van der Waals surface area contributed by atoms with Gasteiger partial charge in [-0.1, -0.05) is 6.08 Å². The van der Waals surface area contributed by atoms with Gasteiger partial charge in [0.25, 0.3) is 0 Å². The first-order chi connectivity index (χ1) is 7.24. The van der Waals surface area contributed by atoms with E-state index < -0.39 is 0 Å². The summed E-state index contributed by atoms with van der Waals surface area (Å²) in [6, 6.07) is 0. The number of hydrogen-bond acceptors (Lipinski definition) is 2. The Balaban J connectivity index is 2.38. The summed E-state index contributed by atoms with van der Waals surface area (Å²) in [6.07, 6.45) is 6.21. The van der Waals surface area contributed by atoms with E-state index in [1.807, 2.05) is 19.9 Å². The molecule has 0 bridgehead atoms. The second-order valence-corrected chi connectivity index (χ2v) is 3.68. The van der Waals surface area contributed by atoms with E-state index in [1.165, 1.54) is 5.56 Å². The van der Waals surface area contributed by atoms with E-state index in [-0.39, 0.29) is 5.97 Å². The molecule has 1 N–H and O–H groups in total. The summed E-state index contributed by atoms with van der Waals surface area (Å²) in [7, 11) is 0. The van der Waals surface area contributed by atoms with E-state index in [9.17, 15) is 4.79 Å². The first-order valence-corrected chi connectivity index (χ1v) is 5.29. The highest BCUT2D eigenvalue weighted by molar-refractivity contribution is 5.90. The molecule has 1 aromatic heterocycles. The summed E-state index contributed by atoms with van der Waals surface area (Å²) in [5.74, 6) is -0.252. The molecular weight excluding hydrogens is 190 g/mol. The van der Waals surface area contributed by atoms with Crippen LogP contribution in [-0.4, -0.2) is 17.6 Å². The minimum Gasteiger partial charge on any atom is -0.461 e. The minimum atomic E-state index is -0.252. The van der Waals surface area contributed by atoms with Crippen LogP contribution < -0.4 is 0 Å². The molecule has 1 aliphatic carbocycles. The predicted molar refractivity (Wildman–Crippen MR) is 58.8 cm³/mol. The molecule has 3 nitrogen and oxygen atoms in total. The van der Waals surface area contributed by atoms with Crippen molar-refractivity contribution in [2.45, 2.75) is 26.7 Å². The fourth-order valence-electron chi connectivity index (χ4n) is 1.96. The number of aromatic nitrogens is 1. The lowest BCUT2D eigenvalue weighted by Gasteiger charge is -2.04. The summed E-state index contributed by atoms with van der Waals surface area (Å²) in [6.45, 7) is 4.20. The van der Waals surface area contributed by atoms with Gasteiger partial charge in [-0.2, -0.15) is 0 Å². The van der Waals surface area contributed by atoms with E-state index in [4.69, 9.17) is 4.74 Å². The van der Waals surface area contributed by atoms with Crippen molar-refractivity contribution >= 4 is 12.0 Å². The van der Waals surface area contributed by atoms with Crippen molar-refractivity contribution in [1.82, 2.24) is 4.98 Å². The highest BCUT2D eigenvalue weighted by atomic mass is 16.5. The van der Waals surface area contributed by atoms with E-state index in [1.54, 1.807) is 0 Å². The maximum Gasteiger partial charge on any atom is 0.355 e. The molecule has 1 aliphatic rings. The molecule has 0 spiro atoms. The zero-order chi connectivity index (χ0) is 10.8. The summed E-state index contributed by atoms with van der Waals surface area (Å²) < 4.78 is 4.99. The number of fused-ring (bicyclic) bond motifs is 1. The third kappa shape index (κ3) is 1.69. The van der Waals surface area contributed by atoms with Crippen LogP contribution in [0.2, 0.25) is 0 Å². The fraction of sp³-hybridized carbons (Fsp3) is 0.417. The molecule has 2 rings (SSSR count). The van der Waals surface area contributed by atoms with E-state index in [2.05, 4.69) is 11.1 Å². The Morgan fingerprint density at radius 3 is 3.07 bits per heavy atom. The Morgan fingerprint density at radius 2 is 2.40 bits per heavy atom. The molecule has 0 amide bonds. The quantitative estimate of drug-likeness (QED) is 0.753. The number of H-pyrrole nitrogens is 1. The van der Waals surface area contributed by atoms with Crippen molar-refractivity contribution < 1.29 is 9.53 Å². The van der Waals surface area contributed by atoms with Gasteiger partial charge < -0.3 is 9.72 Å². The largest absolute Gasteiger partial charge is 0.461 e. The number of carbonyl (C=O) groups excluding carboxylic acids is 1. The van der Waals surface area contributed by atoms with Crippen LogP contribution in [0.4, 0.5) is 0 Å². The van der Waals surface area contributed by atoms with E-state index in [0.29, 0.717) is 12.3 Å². The Hall–Kier alpha value is -1.51. The first-order valence-electron chi connectivity index (χ1n) is 5.29. The van der Waals surface area contributed by atoms with Crippen molar-refractivity contribution in [3.8, 4) is 0 Å². The summed E-state index contributed by atoms with van der Waals surface area (Å²) >= 11 is 0. The van der Waals surface area contributed by atoms with Crippen molar-refractivity contribution in [1.29, 1.82) is 0 Å². The monoisotopic (exact) mass is 205 g/mol. The molecule has 1 heterocycles. The average molecular weight is 205 g/mol. The molecule has 15 heavy (non-hydrogen) atoms. The zero-order valence-corrected chi connectivity index (χ0v) is 9.09. The lowest BCUT2D eigenvalue weighted by atomic mass is 10.0. The Kier molecular flexibility index (Phi) is 2.62. The smallest absolute Gasteiger partial charge is 0.355 e. The number of allylic oxidation sites excluding steroid dienone is 1. The van der Waals surface area contributed by atoms with Crippen molar-refractivity contribution in [3.05, 3.63) is 28.6 Å². The van der Waals surface area contributed by atoms with Gasteiger partial charge in [-0.05, 0) is 43.9 Å². The third-order valence-electron chi connectivity index (χ3n) is 2.74. The molecule has 0 saturated carbocycles. The SMILES string of the molecule is CCOC(=O)c1[nH]c2c(c1C)CCC=C2. The first kappa shape index (κ1) is 10.0. The van der Waals surface area contributed by atoms with Crippen LogP contribution in [0.3, 0.4) is 0 Å². The number of ether oxygens (including phenoxy) is 1.